The second-order valence-corrected chi connectivity index (χ2v) is 6.16. The Kier molecular flexibility index (Phi) is 4.04. The largest absolute Gasteiger partial charge is 0.496 e. The summed E-state index contributed by atoms with van der Waals surface area (Å²) in [5.41, 5.74) is 8.86. The summed E-state index contributed by atoms with van der Waals surface area (Å²) in [6, 6.07) is 0. The number of carbonyl (C=O) groups excluding carboxylic acids is 1. The smallest absolute Gasteiger partial charge is 0.236 e. The Balaban J connectivity index is 2.05. The van der Waals surface area contributed by atoms with Gasteiger partial charge in [-0.15, -0.1) is 0 Å². The van der Waals surface area contributed by atoms with E-state index in [9.17, 15) is 4.79 Å². The molecule has 8 heteroatoms. The molecule has 0 aliphatic carbocycles. The number of hydrogen-bond donors (Lipinski definition) is 1. The van der Waals surface area contributed by atoms with Crippen LogP contribution in [0.2, 0.25) is 5.15 Å². The molecule has 3 heterocycles. The van der Waals surface area contributed by atoms with Crippen molar-refractivity contribution in [3.8, 4) is 5.75 Å². The molecule has 2 N–H and O–H groups in total. The number of ether oxygens (including phenoxy) is 1. The lowest BCUT2D eigenvalue weighted by atomic mass is 10.1. The molecular weight excluding hydrogens is 330 g/mol. The zero-order valence-electron chi connectivity index (χ0n) is 13.9. The third-order valence-electron chi connectivity index (χ3n) is 4.28. The van der Waals surface area contributed by atoms with Crippen LogP contribution >= 0.6 is 11.6 Å². The number of nitrogens with zero attached hydrogens (tertiary/aromatic N) is 4. The van der Waals surface area contributed by atoms with Gasteiger partial charge in [0.1, 0.15) is 16.7 Å². The molecule has 2 aromatic rings. The van der Waals surface area contributed by atoms with E-state index in [0.29, 0.717) is 11.4 Å². The fraction of sp³-hybridized carbons (Fsp3) is 0.375. The van der Waals surface area contributed by atoms with Gasteiger partial charge in [0.05, 0.1) is 25.3 Å². The molecule has 0 saturated carbocycles. The zero-order chi connectivity index (χ0) is 17.6. The van der Waals surface area contributed by atoms with Crippen molar-refractivity contribution >= 4 is 29.3 Å². The second-order valence-electron chi connectivity index (χ2n) is 5.80. The van der Waals surface area contributed by atoms with Gasteiger partial charge in [0.2, 0.25) is 11.9 Å². The molecule has 1 unspecified atom stereocenters. The first-order valence-corrected chi connectivity index (χ1v) is 7.86. The molecule has 0 spiro atoms. The number of aromatic nitrogens is 3. The van der Waals surface area contributed by atoms with Crippen molar-refractivity contribution in [2.45, 2.75) is 33.2 Å². The molecule has 0 aromatic carbocycles. The van der Waals surface area contributed by atoms with Gasteiger partial charge in [-0.1, -0.05) is 11.6 Å². The Morgan fingerprint density at radius 2 is 2.08 bits per heavy atom. The molecule has 0 bridgehead atoms. The van der Waals surface area contributed by atoms with Crippen LogP contribution in [0.15, 0.2) is 6.20 Å². The lowest BCUT2D eigenvalue weighted by molar-refractivity contribution is -0.119. The molecule has 0 radical (unpaired) electrons. The normalized spacial score (nSPS) is 16.5. The number of fused-ring (bicyclic) bond motifs is 1. The van der Waals surface area contributed by atoms with Crippen LogP contribution in [0.4, 0.5) is 11.8 Å². The Labute approximate surface area is 144 Å². The first-order valence-electron chi connectivity index (χ1n) is 7.48. The monoisotopic (exact) mass is 347 g/mol. The van der Waals surface area contributed by atoms with Gasteiger partial charge in [-0.25, -0.2) is 4.98 Å². The highest BCUT2D eigenvalue weighted by Crippen LogP contribution is 2.40. The van der Waals surface area contributed by atoms with Crippen molar-refractivity contribution in [2.24, 2.45) is 0 Å². The minimum absolute atomic E-state index is 0.0387. The van der Waals surface area contributed by atoms with Gasteiger partial charge >= 0.3 is 0 Å². The zero-order valence-corrected chi connectivity index (χ0v) is 14.7. The molecule has 1 aliphatic heterocycles. The van der Waals surface area contributed by atoms with Gasteiger partial charge in [-0.2, -0.15) is 4.98 Å². The van der Waals surface area contributed by atoms with Crippen LogP contribution in [0.5, 0.6) is 5.75 Å². The summed E-state index contributed by atoms with van der Waals surface area (Å²) in [5.74, 6) is 0.732. The summed E-state index contributed by atoms with van der Waals surface area (Å²) in [7, 11) is 1.62. The number of hydrogen-bond acceptors (Lipinski definition) is 6. The predicted molar refractivity (Wildman–Crippen MR) is 91.3 cm³/mol. The summed E-state index contributed by atoms with van der Waals surface area (Å²) in [5, 5.41) is 0.215. The molecule has 1 atom stereocenters. The van der Waals surface area contributed by atoms with Crippen LogP contribution < -0.4 is 15.4 Å². The summed E-state index contributed by atoms with van der Waals surface area (Å²) >= 11 is 6.16. The lowest BCUT2D eigenvalue weighted by Gasteiger charge is -2.19. The van der Waals surface area contributed by atoms with Gasteiger partial charge in [-0.3, -0.25) is 14.7 Å². The number of rotatable bonds is 3. The number of aryl methyl sites for hydroxylation is 1. The van der Waals surface area contributed by atoms with E-state index in [-0.39, 0.29) is 23.6 Å². The van der Waals surface area contributed by atoms with Crippen molar-refractivity contribution in [1.82, 2.24) is 15.0 Å². The number of carbonyl (C=O) groups is 1. The van der Waals surface area contributed by atoms with Gasteiger partial charge < -0.3 is 10.5 Å². The number of amides is 1. The van der Waals surface area contributed by atoms with E-state index in [1.807, 2.05) is 13.8 Å². The van der Waals surface area contributed by atoms with Gasteiger partial charge in [0.25, 0.3) is 0 Å². The van der Waals surface area contributed by atoms with Gasteiger partial charge in [0.15, 0.2) is 0 Å². The highest BCUT2D eigenvalue weighted by Gasteiger charge is 2.38. The van der Waals surface area contributed by atoms with E-state index >= 15 is 0 Å². The van der Waals surface area contributed by atoms with Crippen LogP contribution in [0, 0.1) is 13.8 Å². The molecule has 1 aliphatic rings. The first kappa shape index (κ1) is 16.4. The third-order valence-corrected chi connectivity index (χ3v) is 4.57. The van der Waals surface area contributed by atoms with E-state index in [4.69, 9.17) is 22.1 Å². The predicted octanol–water partition coefficient (Wildman–Crippen LogP) is 2.38. The summed E-state index contributed by atoms with van der Waals surface area (Å²) in [6.07, 6.45) is 1.73. The van der Waals surface area contributed by atoms with Crippen LogP contribution in [-0.2, 0) is 11.3 Å². The highest BCUT2D eigenvalue weighted by atomic mass is 35.5. The number of halogens is 1. The lowest BCUT2D eigenvalue weighted by Crippen LogP contribution is -2.29. The maximum absolute atomic E-state index is 12.7. The van der Waals surface area contributed by atoms with Crippen LogP contribution in [0.3, 0.4) is 0 Å². The van der Waals surface area contributed by atoms with Crippen LogP contribution in [0.1, 0.15) is 35.2 Å². The Morgan fingerprint density at radius 3 is 2.75 bits per heavy atom. The number of pyridine rings is 1. The maximum atomic E-state index is 12.7. The molecule has 126 valence electrons. The van der Waals surface area contributed by atoms with E-state index in [2.05, 4.69) is 15.0 Å². The standard InChI is InChI=1S/C16H18ClN5O2/c1-7-5-19-10(8(2)12(7)24-4)6-22-14-11(9(3)15(22)23)13(17)20-16(18)21-14/h5,9H,6H2,1-4H3,(H2,18,20,21). The number of nitrogen functional groups attached to an aromatic ring is 1. The average Bonchev–Trinajstić information content (AvgIpc) is 2.75. The maximum Gasteiger partial charge on any atom is 0.236 e. The van der Waals surface area contributed by atoms with E-state index in [1.54, 1.807) is 25.1 Å². The minimum Gasteiger partial charge on any atom is -0.496 e. The molecular formula is C16H18ClN5O2. The van der Waals surface area contributed by atoms with E-state index in [0.717, 1.165) is 22.6 Å². The number of anilines is 2. The van der Waals surface area contributed by atoms with Crippen molar-refractivity contribution in [3.63, 3.8) is 0 Å². The molecule has 0 fully saturated rings. The van der Waals surface area contributed by atoms with E-state index in [1.165, 1.54) is 0 Å². The van der Waals surface area contributed by atoms with Crippen LogP contribution in [0.25, 0.3) is 0 Å². The van der Waals surface area contributed by atoms with Crippen molar-refractivity contribution < 1.29 is 9.53 Å². The summed E-state index contributed by atoms with van der Waals surface area (Å²) < 4.78 is 5.43. The van der Waals surface area contributed by atoms with Crippen LogP contribution in [-0.4, -0.2) is 28.0 Å². The molecule has 1 amide bonds. The van der Waals surface area contributed by atoms with Gasteiger partial charge in [-0.05, 0) is 20.8 Å². The highest BCUT2D eigenvalue weighted by molar-refractivity contribution is 6.31. The third kappa shape index (κ3) is 2.45. The molecule has 7 nitrogen and oxygen atoms in total. The Bertz CT molecular complexity index is 840. The van der Waals surface area contributed by atoms with Gasteiger partial charge in [0, 0.05) is 22.9 Å². The van der Waals surface area contributed by atoms with Crippen molar-refractivity contribution in [3.05, 3.63) is 33.7 Å². The van der Waals surface area contributed by atoms with E-state index < -0.39 is 5.92 Å². The second kappa shape index (κ2) is 5.90. The SMILES string of the molecule is COc1c(C)cnc(CN2C(=O)C(C)c3c(Cl)nc(N)nc32)c1C. The summed E-state index contributed by atoms with van der Waals surface area (Å²) in [4.78, 5) is 26.8. The van der Waals surface area contributed by atoms with Crippen molar-refractivity contribution in [1.29, 1.82) is 0 Å². The first-order chi connectivity index (χ1) is 11.3. The van der Waals surface area contributed by atoms with Crippen molar-refractivity contribution in [2.75, 3.05) is 17.7 Å². The Morgan fingerprint density at radius 1 is 1.38 bits per heavy atom. The molecule has 24 heavy (non-hydrogen) atoms. The fourth-order valence-corrected chi connectivity index (χ4v) is 3.35. The average molecular weight is 348 g/mol. The molecule has 3 rings (SSSR count). The number of methoxy groups -OCH3 is 1. The molecule has 0 saturated heterocycles. The molecule has 2 aromatic heterocycles. The minimum atomic E-state index is -0.416. The quantitative estimate of drug-likeness (QED) is 0.857. The topological polar surface area (TPSA) is 94.2 Å². The summed E-state index contributed by atoms with van der Waals surface area (Å²) in [6.45, 7) is 5.89. The number of nitrogens with two attached hydrogens (primary N) is 1. The Hall–Kier alpha value is -2.41. The fourth-order valence-electron chi connectivity index (χ4n) is 3.02.